The highest BCUT2D eigenvalue weighted by molar-refractivity contribution is 5.99. The van der Waals surface area contributed by atoms with Gasteiger partial charge in [-0.15, -0.1) is 0 Å². The summed E-state index contributed by atoms with van der Waals surface area (Å²) < 4.78 is 20.1. The van der Waals surface area contributed by atoms with Crippen LogP contribution in [0.15, 0.2) is 73.1 Å². The molecule has 3 rings (SSSR count). The lowest BCUT2D eigenvalue weighted by atomic mass is 10.2. The van der Waals surface area contributed by atoms with E-state index in [1.165, 1.54) is 49.6 Å². The van der Waals surface area contributed by atoms with Crippen molar-refractivity contribution >= 4 is 23.9 Å². The lowest BCUT2D eigenvalue weighted by molar-refractivity contribution is -0.149. The van der Waals surface area contributed by atoms with Crippen LogP contribution < -0.4 is 9.47 Å². The first-order valence-electron chi connectivity index (χ1n) is 9.28. The topological polar surface area (TPSA) is 118 Å². The predicted molar refractivity (Wildman–Crippen MR) is 109 cm³/mol. The lowest BCUT2D eigenvalue weighted by Crippen LogP contribution is -2.17. The van der Waals surface area contributed by atoms with Gasteiger partial charge in [0.1, 0.15) is 22.6 Å². The average Bonchev–Trinajstić information content (AvgIpc) is 2.80. The van der Waals surface area contributed by atoms with Gasteiger partial charge in [0.25, 0.3) is 0 Å². The van der Waals surface area contributed by atoms with E-state index in [1.807, 2.05) is 0 Å². The summed E-state index contributed by atoms with van der Waals surface area (Å²) in [5.41, 5.74) is 0.113. The second-order valence-corrected chi connectivity index (χ2v) is 6.20. The van der Waals surface area contributed by atoms with Crippen molar-refractivity contribution in [3.8, 4) is 11.5 Å². The minimum atomic E-state index is -0.861. The smallest absolute Gasteiger partial charge is 0.347 e. The number of ether oxygens (including phenoxy) is 4. The van der Waals surface area contributed by atoms with E-state index in [0.29, 0.717) is 0 Å². The molecule has 3 aromatic rings. The van der Waals surface area contributed by atoms with Crippen LogP contribution in [0.4, 0.5) is 0 Å². The Labute approximate surface area is 182 Å². The molecule has 0 fully saturated rings. The SMILES string of the molecule is CC(=O)OCOC(=O)c1ccccc1OC(=O)c1ccccc1OC(=O)c1cccnc1. The summed E-state index contributed by atoms with van der Waals surface area (Å²) in [4.78, 5) is 52.0. The van der Waals surface area contributed by atoms with Gasteiger partial charge < -0.3 is 18.9 Å². The molecule has 0 amide bonds. The van der Waals surface area contributed by atoms with Crippen LogP contribution in [0.1, 0.15) is 38.0 Å². The molecule has 0 aliphatic heterocycles. The van der Waals surface area contributed by atoms with Gasteiger partial charge in [0, 0.05) is 19.3 Å². The fourth-order valence-corrected chi connectivity index (χ4v) is 2.49. The molecule has 0 saturated heterocycles. The van der Waals surface area contributed by atoms with E-state index in [0.717, 1.165) is 0 Å². The van der Waals surface area contributed by atoms with Crippen molar-refractivity contribution in [3.05, 3.63) is 89.7 Å². The predicted octanol–water partition coefficient (Wildman–Crippen LogP) is 3.20. The van der Waals surface area contributed by atoms with E-state index in [9.17, 15) is 19.2 Å². The molecular formula is C23H17NO8. The van der Waals surface area contributed by atoms with Gasteiger partial charge in [-0.05, 0) is 36.4 Å². The minimum Gasteiger partial charge on any atom is -0.428 e. The summed E-state index contributed by atoms with van der Waals surface area (Å²) in [6.45, 7) is 0.589. The third kappa shape index (κ3) is 5.76. The third-order valence-electron chi connectivity index (χ3n) is 3.97. The van der Waals surface area contributed by atoms with Gasteiger partial charge in [0.15, 0.2) is 0 Å². The highest BCUT2D eigenvalue weighted by Crippen LogP contribution is 2.24. The Morgan fingerprint density at radius 1 is 0.719 bits per heavy atom. The molecule has 9 nitrogen and oxygen atoms in total. The molecular weight excluding hydrogens is 418 g/mol. The molecule has 0 unspecified atom stereocenters. The number of aromatic nitrogens is 1. The van der Waals surface area contributed by atoms with Crippen LogP contribution in [0.5, 0.6) is 11.5 Å². The fourth-order valence-electron chi connectivity index (χ4n) is 2.49. The highest BCUT2D eigenvalue weighted by Gasteiger charge is 2.21. The van der Waals surface area contributed by atoms with Gasteiger partial charge >= 0.3 is 23.9 Å². The third-order valence-corrected chi connectivity index (χ3v) is 3.97. The number of benzene rings is 2. The Kier molecular flexibility index (Phi) is 7.26. The molecule has 0 radical (unpaired) electrons. The quantitative estimate of drug-likeness (QED) is 0.313. The van der Waals surface area contributed by atoms with Gasteiger partial charge in [-0.25, -0.2) is 14.4 Å². The highest BCUT2D eigenvalue weighted by atomic mass is 16.7. The molecule has 0 spiro atoms. The minimum absolute atomic E-state index is 0.0266. The van der Waals surface area contributed by atoms with E-state index < -0.39 is 30.7 Å². The molecule has 9 heteroatoms. The molecule has 2 aromatic carbocycles. The van der Waals surface area contributed by atoms with Gasteiger partial charge in [0.05, 0.1) is 5.56 Å². The zero-order chi connectivity index (χ0) is 22.9. The fraction of sp³-hybridized carbons (Fsp3) is 0.0870. The first kappa shape index (κ1) is 22.2. The maximum absolute atomic E-state index is 12.8. The number of hydrogen-bond donors (Lipinski definition) is 0. The molecule has 0 aliphatic carbocycles. The van der Waals surface area contributed by atoms with Crippen molar-refractivity contribution in [3.63, 3.8) is 0 Å². The van der Waals surface area contributed by atoms with Gasteiger partial charge in [-0.1, -0.05) is 24.3 Å². The van der Waals surface area contributed by atoms with Crippen LogP contribution >= 0.6 is 0 Å². The van der Waals surface area contributed by atoms with Crippen molar-refractivity contribution in [1.82, 2.24) is 4.98 Å². The van der Waals surface area contributed by atoms with Gasteiger partial charge in [-0.2, -0.15) is 0 Å². The average molecular weight is 435 g/mol. The molecule has 1 heterocycles. The van der Waals surface area contributed by atoms with Gasteiger partial charge in [-0.3, -0.25) is 9.78 Å². The van der Waals surface area contributed by atoms with Crippen molar-refractivity contribution < 1.29 is 38.1 Å². The standard InChI is InChI=1S/C23H17NO8/c1-15(25)29-14-30-22(27)17-8-2-4-10-19(17)32-23(28)18-9-3-5-11-20(18)31-21(26)16-7-6-12-24-13-16/h2-13H,14H2,1H3. The zero-order valence-electron chi connectivity index (χ0n) is 16.8. The maximum Gasteiger partial charge on any atom is 0.347 e. The van der Waals surface area contributed by atoms with Crippen molar-refractivity contribution in [2.75, 3.05) is 6.79 Å². The summed E-state index contributed by atoms with van der Waals surface area (Å²) in [5, 5.41) is 0. The summed E-state index contributed by atoms with van der Waals surface area (Å²) >= 11 is 0. The summed E-state index contributed by atoms with van der Waals surface area (Å²) in [6, 6.07) is 15.0. The zero-order valence-corrected chi connectivity index (χ0v) is 16.8. The number of carbonyl (C=O) groups excluding carboxylic acids is 4. The maximum atomic E-state index is 12.8. The molecule has 162 valence electrons. The lowest BCUT2D eigenvalue weighted by Gasteiger charge is -2.12. The number of pyridine rings is 1. The van der Waals surface area contributed by atoms with Crippen LogP contribution in [-0.4, -0.2) is 35.7 Å². The molecule has 0 atom stereocenters. The number of rotatable bonds is 7. The van der Waals surface area contributed by atoms with Crippen LogP contribution in [0.25, 0.3) is 0 Å². The van der Waals surface area contributed by atoms with E-state index in [4.69, 9.17) is 14.2 Å². The first-order valence-corrected chi connectivity index (χ1v) is 9.28. The number of hydrogen-bond acceptors (Lipinski definition) is 9. The second-order valence-electron chi connectivity index (χ2n) is 6.20. The van der Waals surface area contributed by atoms with E-state index in [-0.39, 0.29) is 28.2 Å². The van der Waals surface area contributed by atoms with E-state index >= 15 is 0 Å². The van der Waals surface area contributed by atoms with Crippen molar-refractivity contribution in [2.45, 2.75) is 6.92 Å². The largest absolute Gasteiger partial charge is 0.428 e. The van der Waals surface area contributed by atoms with E-state index in [1.54, 1.807) is 30.3 Å². The molecule has 32 heavy (non-hydrogen) atoms. The van der Waals surface area contributed by atoms with Crippen LogP contribution in [0.3, 0.4) is 0 Å². The number of carbonyl (C=O) groups is 4. The summed E-state index contributed by atoms with van der Waals surface area (Å²) in [7, 11) is 0. The van der Waals surface area contributed by atoms with E-state index in [2.05, 4.69) is 9.72 Å². The molecule has 0 aliphatic rings. The normalized spacial score (nSPS) is 10.0. The second kappa shape index (κ2) is 10.5. The van der Waals surface area contributed by atoms with Crippen molar-refractivity contribution in [2.24, 2.45) is 0 Å². The number of para-hydroxylation sites is 2. The Balaban J connectivity index is 1.77. The molecule has 1 aromatic heterocycles. The number of esters is 4. The van der Waals surface area contributed by atoms with Crippen LogP contribution in [0.2, 0.25) is 0 Å². The molecule has 0 bridgehead atoms. The number of nitrogens with zero attached hydrogens (tertiary/aromatic N) is 1. The Hall–Kier alpha value is -4.53. The Bertz CT molecular complexity index is 1140. The van der Waals surface area contributed by atoms with Crippen LogP contribution in [-0.2, 0) is 14.3 Å². The van der Waals surface area contributed by atoms with Gasteiger partial charge in [0.2, 0.25) is 6.79 Å². The Morgan fingerprint density at radius 2 is 1.31 bits per heavy atom. The molecule has 0 N–H and O–H groups in total. The van der Waals surface area contributed by atoms with Crippen LogP contribution in [0, 0.1) is 0 Å². The Morgan fingerprint density at radius 3 is 1.91 bits per heavy atom. The monoisotopic (exact) mass is 435 g/mol. The summed E-state index contributed by atoms with van der Waals surface area (Å²) in [6.07, 6.45) is 2.84. The van der Waals surface area contributed by atoms with Crippen molar-refractivity contribution in [1.29, 1.82) is 0 Å². The molecule has 0 saturated carbocycles. The summed E-state index contributed by atoms with van der Waals surface area (Å²) in [5.74, 6) is -3.14. The first-order chi connectivity index (χ1) is 15.5.